The molecule has 0 fully saturated rings. The van der Waals surface area contributed by atoms with Crippen LogP contribution in [0.1, 0.15) is 27.0 Å². The molecule has 2 aromatic carbocycles. The maximum Gasteiger partial charge on any atom is 0.338 e. The van der Waals surface area contributed by atoms with Crippen LogP contribution in [0.4, 0.5) is 5.69 Å². The maximum atomic E-state index is 12.1. The summed E-state index contributed by atoms with van der Waals surface area (Å²) in [5.74, 6) is -0.568. The average Bonchev–Trinajstić information content (AvgIpc) is 2.54. The number of thioether (sulfide) groups is 1. The Morgan fingerprint density at radius 1 is 1.22 bits per heavy atom. The number of nitro groups is 1. The lowest BCUT2D eigenvalue weighted by Crippen LogP contribution is -2.07. The summed E-state index contributed by atoms with van der Waals surface area (Å²) in [7, 11) is 0. The van der Waals surface area contributed by atoms with E-state index in [0.717, 1.165) is 16.7 Å². The van der Waals surface area contributed by atoms with Crippen LogP contribution in [0.15, 0.2) is 41.3 Å². The first-order valence-corrected chi connectivity index (χ1v) is 8.20. The standard InChI is InChI=1S/C17H17NO4S/c1-11-4-5-12(2)14(8-11)10-22-17(19)13-6-7-16(23-3)15(9-13)18(20)21/h4-9H,10H2,1-3H3. The molecule has 0 saturated carbocycles. The predicted octanol–water partition coefficient (Wildman–Crippen LogP) is 4.29. The molecule has 6 heteroatoms. The van der Waals surface area contributed by atoms with Crippen molar-refractivity contribution in [3.05, 3.63) is 68.8 Å². The van der Waals surface area contributed by atoms with Crippen molar-refractivity contribution in [3.63, 3.8) is 0 Å². The number of nitrogens with zero attached hydrogens (tertiary/aromatic N) is 1. The number of nitro benzene ring substituents is 1. The van der Waals surface area contributed by atoms with Gasteiger partial charge in [0, 0.05) is 6.07 Å². The van der Waals surface area contributed by atoms with Crippen molar-refractivity contribution in [1.82, 2.24) is 0 Å². The molecule has 2 rings (SSSR count). The van der Waals surface area contributed by atoms with E-state index in [1.165, 1.54) is 17.8 Å². The number of rotatable bonds is 5. The van der Waals surface area contributed by atoms with E-state index in [0.29, 0.717) is 4.90 Å². The lowest BCUT2D eigenvalue weighted by molar-refractivity contribution is -0.387. The molecule has 0 atom stereocenters. The van der Waals surface area contributed by atoms with Gasteiger partial charge in [-0.15, -0.1) is 11.8 Å². The van der Waals surface area contributed by atoms with Gasteiger partial charge >= 0.3 is 5.97 Å². The van der Waals surface area contributed by atoms with Crippen molar-refractivity contribution in [2.45, 2.75) is 25.3 Å². The number of carbonyl (C=O) groups is 1. The summed E-state index contributed by atoms with van der Waals surface area (Å²) in [5.41, 5.74) is 3.14. The van der Waals surface area contributed by atoms with Crippen LogP contribution < -0.4 is 0 Å². The first-order valence-electron chi connectivity index (χ1n) is 6.98. The average molecular weight is 331 g/mol. The number of ether oxygens (including phenoxy) is 1. The Labute approximate surface area is 138 Å². The molecule has 0 spiro atoms. The van der Waals surface area contributed by atoms with Crippen LogP contribution in [0.5, 0.6) is 0 Å². The largest absolute Gasteiger partial charge is 0.457 e. The van der Waals surface area contributed by atoms with Gasteiger partial charge < -0.3 is 4.74 Å². The summed E-state index contributed by atoms with van der Waals surface area (Å²) in [6.45, 7) is 4.06. The summed E-state index contributed by atoms with van der Waals surface area (Å²) in [5, 5.41) is 11.1. The second-order valence-corrected chi connectivity index (χ2v) is 6.00. The van der Waals surface area contributed by atoms with Crippen molar-refractivity contribution in [2.75, 3.05) is 6.26 Å². The summed E-state index contributed by atoms with van der Waals surface area (Å²) in [6.07, 6.45) is 1.75. The Morgan fingerprint density at radius 2 is 1.96 bits per heavy atom. The van der Waals surface area contributed by atoms with Crippen LogP contribution in [-0.4, -0.2) is 17.1 Å². The van der Waals surface area contributed by atoms with E-state index in [4.69, 9.17) is 4.74 Å². The van der Waals surface area contributed by atoms with E-state index in [-0.39, 0.29) is 17.9 Å². The molecule has 23 heavy (non-hydrogen) atoms. The SMILES string of the molecule is CSc1ccc(C(=O)OCc2cc(C)ccc2C)cc1[N+](=O)[O-]. The molecule has 2 aromatic rings. The number of benzene rings is 2. The Morgan fingerprint density at radius 3 is 2.61 bits per heavy atom. The van der Waals surface area contributed by atoms with Gasteiger partial charge in [-0.25, -0.2) is 4.79 Å². The normalized spacial score (nSPS) is 10.4. The summed E-state index contributed by atoms with van der Waals surface area (Å²) >= 11 is 1.26. The van der Waals surface area contributed by atoms with E-state index >= 15 is 0 Å². The fraction of sp³-hybridized carbons (Fsp3) is 0.235. The topological polar surface area (TPSA) is 69.4 Å². The van der Waals surface area contributed by atoms with E-state index < -0.39 is 10.9 Å². The van der Waals surface area contributed by atoms with Gasteiger partial charge in [0.2, 0.25) is 0 Å². The monoisotopic (exact) mass is 331 g/mol. The van der Waals surface area contributed by atoms with E-state index in [1.54, 1.807) is 18.4 Å². The molecular formula is C17H17NO4S. The first-order chi connectivity index (χ1) is 10.9. The molecule has 0 amide bonds. The first kappa shape index (κ1) is 17.0. The van der Waals surface area contributed by atoms with Crippen molar-refractivity contribution >= 4 is 23.4 Å². The highest BCUT2D eigenvalue weighted by Gasteiger charge is 2.18. The second kappa shape index (κ2) is 7.28. The molecule has 0 saturated heterocycles. The third-order valence-corrected chi connectivity index (χ3v) is 4.26. The maximum absolute atomic E-state index is 12.1. The van der Waals surface area contributed by atoms with Crippen LogP contribution >= 0.6 is 11.8 Å². The molecule has 0 aliphatic rings. The van der Waals surface area contributed by atoms with Gasteiger partial charge in [0.25, 0.3) is 5.69 Å². The summed E-state index contributed by atoms with van der Waals surface area (Å²) in [6, 6.07) is 10.3. The van der Waals surface area contributed by atoms with Gasteiger partial charge in [-0.3, -0.25) is 10.1 Å². The quantitative estimate of drug-likeness (QED) is 0.354. The third kappa shape index (κ3) is 4.10. The Hall–Kier alpha value is -2.34. The van der Waals surface area contributed by atoms with Crippen LogP contribution in [0.2, 0.25) is 0 Å². The molecule has 0 radical (unpaired) electrons. The van der Waals surface area contributed by atoms with Crippen molar-refractivity contribution in [1.29, 1.82) is 0 Å². The number of esters is 1. The zero-order chi connectivity index (χ0) is 17.0. The fourth-order valence-electron chi connectivity index (χ4n) is 2.14. The molecule has 0 bridgehead atoms. The van der Waals surface area contributed by atoms with Gasteiger partial charge in [-0.1, -0.05) is 23.8 Å². The minimum Gasteiger partial charge on any atom is -0.457 e. The van der Waals surface area contributed by atoms with Crippen molar-refractivity contribution in [3.8, 4) is 0 Å². The third-order valence-electron chi connectivity index (χ3n) is 3.47. The highest BCUT2D eigenvalue weighted by Crippen LogP contribution is 2.28. The number of hydrogen-bond donors (Lipinski definition) is 0. The predicted molar refractivity (Wildman–Crippen MR) is 89.9 cm³/mol. The Balaban J connectivity index is 2.16. The van der Waals surface area contributed by atoms with E-state index in [1.807, 2.05) is 32.0 Å². The Bertz CT molecular complexity index is 758. The molecule has 0 N–H and O–H groups in total. The van der Waals surface area contributed by atoms with Gasteiger partial charge in [0.05, 0.1) is 15.4 Å². The smallest absolute Gasteiger partial charge is 0.338 e. The molecule has 0 aromatic heterocycles. The zero-order valence-corrected chi connectivity index (χ0v) is 14.0. The minimum absolute atomic E-state index is 0.0845. The number of aryl methyl sites for hydroxylation is 2. The molecule has 0 heterocycles. The Kier molecular flexibility index (Phi) is 5.39. The molecule has 0 aliphatic heterocycles. The van der Waals surface area contributed by atoms with Crippen molar-refractivity contribution in [2.24, 2.45) is 0 Å². The van der Waals surface area contributed by atoms with Crippen LogP contribution in [0.3, 0.4) is 0 Å². The molecule has 5 nitrogen and oxygen atoms in total. The highest BCUT2D eigenvalue weighted by atomic mass is 32.2. The van der Waals surface area contributed by atoms with E-state index in [9.17, 15) is 14.9 Å². The highest BCUT2D eigenvalue weighted by molar-refractivity contribution is 7.98. The molecule has 120 valence electrons. The van der Waals surface area contributed by atoms with Gasteiger partial charge in [-0.2, -0.15) is 0 Å². The number of carbonyl (C=O) groups excluding carboxylic acids is 1. The fourth-order valence-corrected chi connectivity index (χ4v) is 2.69. The zero-order valence-electron chi connectivity index (χ0n) is 13.2. The van der Waals surface area contributed by atoms with E-state index in [2.05, 4.69) is 0 Å². The summed E-state index contributed by atoms with van der Waals surface area (Å²) in [4.78, 5) is 23.2. The molecule has 0 aliphatic carbocycles. The van der Waals surface area contributed by atoms with Gasteiger partial charge in [-0.05, 0) is 43.4 Å². The van der Waals surface area contributed by atoms with Crippen LogP contribution in [0.25, 0.3) is 0 Å². The minimum atomic E-state index is -0.568. The number of hydrogen-bond acceptors (Lipinski definition) is 5. The van der Waals surface area contributed by atoms with Gasteiger partial charge in [0.15, 0.2) is 0 Å². The van der Waals surface area contributed by atoms with Crippen molar-refractivity contribution < 1.29 is 14.5 Å². The van der Waals surface area contributed by atoms with Gasteiger partial charge in [0.1, 0.15) is 6.61 Å². The second-order valence-electron chi connectivity index (χ2n) is 5.15. The lowest BCUT2D eigenvalue weighted by Gasteiger charge is -2.09. The molecular weight excluding hydrogens is 314 g/mol. The molecule has 0 unspecified atom stereocenters. The van der Waals surface area contributed by atoms with Crippen LogP contribution in [-0.2, 0) is 11.3 Å². The lowest BCUT2D eigenvalue weighted by atomic mass is 10.1. The summed E-state index contributed by atoms with van der Waals surface area (Å²) < 4.78 is 5.29. The van der Waals surface area contributed by atoms with Crippen LogP contribution in [0, 0.1) is 24.0 Å².